The number of nitrogens with one attached hydrogen (secondary N) is 1. The third kappa shape index (κ3) is 6.25. The van der Waals surface area contributed by atoms with Crippen LogP contribution in [0.25, 0.3) is 0 Å². The highest BCUT2D eigenvalue weighted by Gasteiger charge is 2.50. The van der Waals surface area contributed by atoms with E-state index in [4.69, 9.17) is 18.9 Å². The molecule has 0 aromatic heterocycles. The molecule has 2 N–H and O–H groups in total. The van der Waals surface area contributed by atoms with E-state index in [1.54, 1.807) is 0 Å². The van der Waals surface area contributed by atoms with Crippen LogP contribution in [0, 0.1) is 0 Å². The Balaban J connectivity index is 1.57. The maximum absolute atomic E-state index is 11.7. The number of rotatable bonds is 10. The molecule has 7 nitrogen and oxygen atoms in total. The fourth-order valence-electron chi connectivity index (χ4n) is 3.98. The van der Waals surface area contributed by atoms with Gasteiger partial charge in [-0.3, -0.25) is 4.79 Å². The predicted molar refractivity (Wildman–Crippen MR) is 112 cm³/mol. The molecule has 1 amide bonds. The molecule has 3 rings (SSSR count). The number of carbonyl (C=O) groups is 1. The number of hydrogen-bond acceptors (Lipinski definition) is 6. The van der Waals surface area contributed by atoms with Crippen LogP contribution in [0.3, 0.4) is 0 Å². The molecular weight excluding hydrogens is 386 g/mol. The molecule has 2 aliphatic rings. The van der Waals surface area contributed by atoms with E-state index in [1.807, 2.05) is 30.3 Å². The second-order valence-electron chi connectivity index (χ2n) is 8.08. The Bertz CT molecular complexity index is 642. The number of fused-ring (bicyclic) bond motifs is 1. The highest BCUT2D eigenvalue weighted by atomic mass is 16.7. The van der Waals surface area contributed by atoms with Gasteiger partial charge >= 0.3 is 0 Å². The second kappa shape index (κ2) is 11.8. The first-order valence-corrected chi connectivity index (χ1v) is 11.1. The van der Waals surface area contributed by atoms with Crippen LogP contribution < -0.4 is 5.32 Å². The van der Waals surface area contributed by atoms with E-state index in [1.165, 1.54) is 32.6 Å². The minimum absolute atomic E-state index is 0.249. The monoisotopic (exact) mass is 421 g/mol. The van der Waals surface area contributed by atoms with E-state index in [0.717, 1.165) is 18.4 Å². The lowest BCUT2D eigenvalue weighted by molar-refractivity contribution is -0.344. The number of amides is 1. The molecule has 30 heavy (non-hydrogen) atoms. The van der Waals surface area contributed by atoms with Gasteiger partial charge in [0.25, 0.3) is 0 Å². The minimum Gasteiger partial charge on any atom is -0.388 e. The first-order chi connectivity index (χ1) is 14.6. The Labute approximate surface area is 179 Å². The summed E-state index contributed by atoms with van der Waals surface area (Å²) < 4.78 is 23.8. The lowest BCUT2D eigenvalue weighted by atomic mass is 9.95. The molecule has 0 saturated carbocycles. The van der Waals surface area contributed by atoms with Gasteiger partial charge in [-0.2, -0.15) is 0 Å². The number of aliphatic hydroxyl groups excluding tert-OH is 1. The maximum Gasteiger partial charge on any atom is 0.217 e. The standard InChI is InChI=1S/C23H35NO6/c1-3-4-5-6-7-11-14-27-23-19(24-16(2)25)20(26)21-18(29-23)15-28-22(30-21)17-12-9-8-10-13-17/h8-10,12-13,18-23,26H,3-7,11,14-15H2,1-2H3,(H,24,25)/t18-,19-,20+,21-,22-,23-/m1/s1. The zero-order chi connectivity index (χ0) is 21.3. The predicted octanol–water partition coefficient (Wildman–Crippen LogP) is 3.07. The number of hydrogen-bond donors (Lipinski definition) is 2. The van der Waals surface area contributed by atoms with Crippen molar-refractivity contribution in [1.82, 2.24) is 5.32 Å². The Morgan fingerprint density at radius 2 is 1.87 bits per heavy atom. The Kier molecular flexibility index (Phi) is 9.08. The molecule has 2 heterocycles. The van der Waals surface area contributed by atoms with Crippen molar-refractivity contribution >= 4 is 5.91 Å². The van der Waals surface area contributed by atoms with Gasteiger partial charge < -0.3 is 29.4 Å². The number of ether oxygens (including phenoxy) is 4. The molecule has 0 radical (unpaired) electrons. The van der Waals surface area contributed by atoms with Crippen LogP contribution in [-0.2, 0) is 23.7 Å². The van der Waals surface area contributed by atoms with Gasteiger partial charge in [0.15, 0.2) is 12.6 Å². The van der Waals surface area contributed by atoms with Crippen molar-refractivity contribution in [3.05, 3.63) is 35.9 Å². The van der Waals surface area contributed by atoms with Crippen molar-refractivity contribution in [3.8, 4) is 0 Å². The lowest BCUT2D eigenvalue weighted by Gasteiger charge is -2.47. The zero-order valence-corrected chi connectivity index (χ0v) is 18.0. The van der Waals surface area contributed by atoms with Crippen LogP contribution in [-0.4, -0.2) is 54.9 Å². The van der Waals surface area contributed by atoms with E-state index < -0.39 is 36.9 Å². The Morgan fingerprint density at radius 3 is 2.60 bits per heavy atom. The molecule has 1 aromatic carbocycles. The SMILES string of the molecule is CCCCCCCCO[C@@H]1O[C@@H]2CO[C@@H](c3ccccc3)O[C@H]2[C@@H](O)[C@H]1NC(C)=O. The van der Waals surface area contributed by atoms with Crippen molar-refractivity contribution in [2.24, 2.45) is 0 Å². The van der Waals surface area contributed by atoms with Crippen LogP contribution in [0.15, 0.2) is 30.3 Å². The van der Waals surface area contributed by atoms with Gasteiger partial charge in [-0.25, -0.2) is 0 Å². The topological polar surface area (TPSA) is 86.2 Å². The maximum atomic E-state index is 11.7. The third-order valence-corrected chi connectivity index (χ3v) is 5.59. The molecule has 0 unspecified atom stereocenters. The fourth-order valence-corrected chi connectivity index (χ4v) is 3.98. The Hall–Kier alpha value is -1.51. The van der Waals surface area contributed by atoms with Gasteiger partial charge in [0, 0.05) is 19.1 Å². The summed E-state index contributed by atoms with van der Waals surface area (Å²) >= 11 is 0. The van der Waals surface area contributed by atoms with E-state index in [-0.39, 0.29) is 12.5 Å². The largest absolute Gasteiger partial charge is 0.388 e. The highest BCUT2D eigenvalue weighted by molar-refractivity contribution is 5.73. The van der Waals surface area contributed by atoms with Crippen molar-refractivity contribution in [2.75, 3.05) is 13.2 Å². The van der Waals surface area contributed by atoms with Gasteiger partial charge in [-0.05, 0) is 6.42 Å². The molecule has 2 aliphatic heterocycles. The minimum atomic E-state index is -0.961. The molecule has 168 valence electrons. The van der Waals surface area contributed by atoms with Gasteiger partial charge in [0.2, 0.25) is 5.91 Å². The lowest BCUT2D eigenvalue weighted by Crippen LogP contribution is -2.66. The number of aliphatic hydroxyl groups is 1. The summed E-state index contributed by atoms with van der Waals surface area (Å²) in [6.45, 7) is 4.42. The second-order valence-corrected chi connectivity index (χ2v) is 8.08. The summed E-state index contributed by atoms with van der Waals surface area (Å²) in [5, 5.41) is 13.8. The molecule has 6 atom stereocenters. The molecule has 1 aromatic rings. The molecule has 0 aliphatic carbocycles. The van der Waals surface area contributed by atoms with Crippen molar-refractivity contribution in [2.45, 2.75) is 89.3 Å². The van der Waals surface area contributed by atoms with Gasteiger partial charge in [0.05, 0.1) is 6.61 Å². The van der Waals surface area contributed by atoms with E-state index in [2.05, 4.69) is 12.2 Å². The summed E-state index contributed by atoms with van der Waals surface area (Å²) in [5.41, 5.74) is 0.876. The van der Waals surface area contributed by atoms with Crippen molar-refractivity contribution in [3.63, 3.8) is 0 Å². The zero-order valence-electron chi connectivity index (χ0n) is 18.0. The first kappa shape index (κ1) is 23.2. The fraction of sp³-hybridized carbons (Fsp3) is 0.696. The van der Waals surface area contributed by atoms with Gasteiger partial charge in [0.1, 0.15) is 24.4 Å². The van der Waals surface area contributed by atoms with Crippen LogP contribution in [0.1, 0.15) is 64.2 Å². The average Bonchev–Trinajstić information content (AvgIpc) is 2.76. The van der Waals surface area contributed by atoms with Crippen molar-refractivity contribution in [1.29, 1.82) is 0 Å². The summed E-state index contributed by atoms with van der Waals surface area (Å²) in [6, 6.07) is 8.88. The molecule has 2 saturated heterocycles. The molecule has 0 bridgehead atoms. The van der Waals surface area contributed by atoms with Crippen LogP contribution in [0.5, 0.6) is 0 Å². The number of carbonyl (C=O) groups excluding carboxylic acids is 1. The molecule has 7 heteroatoms. The highest BCUT2D eigenvalue weighted by Crippen LogP contribution is 2.34. The molecular formula is C23H35NO6. The van der Waals surface area contributed by atoms with Gasteiger partial charge in [-0.15, -0.1) is 0 Å². The number of benzene rings is 1. The van der Waals surface area contributed by atoms with Gasteiger partial charge in [-0.1, -0.05) is 69.4 Å². The van der Waals surface area contributed by atoms with E-state index in [9.17, 15) is 9.90 Å². The Morgan fingerprint density at radius 1 is 1.13 bits per heavy atom. The average molecular weight is 422 g/mol. The molecule has 2 fully saturated rings. The smallest absolute Gasteiger partial charge is 0.217 e. The summed E-state index contributed by atoms with van der Waals surface area (Å²) in [4.78, 5) is 11.7. The quantitative estimate of drug-likeness (QED) is 0.565. The first-order valence-electron chi connectivity index (χ1n) is 11.1. The molecule has 0 spiro atoms. The third-order valence-electron chi connectivity index (χ3n) is 5.59. The van der Waals surface area contributed by atoms with E-state index >= 15 is 0 Å². The van der Waals surface area contributed by atoms with Crippen molar-refractivity contribution < 1.29 is 28.8 Å². The summed E-state index contributed by atoms with van der Waals surface area (Å²) in [7, 11) is 0. The normalized spacial score (nSPS) is 31.2. The summed E-state index contributed by atoms with van der Waals surface area (Å²) in [6.07, 6.45) is 3.58. The number of unbranched alkanes of at least 4 members (excludes halogenated alkanes) is 5. The van der Waals surface area contributed by atoms with Crippen LogP contribution in [0.2, 0.25) is 0 Å². The summed E-state index contributed by atoms with van der Waals surface area (Å²) in [5.74, 6) is -0.249. The van der Waals surface area contributed by atoms with Crippen LogP contribution >= 0.6 is 0 Å². The van der Waals surface area contributed by atoms with E-state index in [0.29, 0.717) is 6.61 Å². The van der Waals surface area contributed by atoms with Crippen LogP contribution in [0.4, 0.5) is 0 Å².